The van der Waals surface area contributed by atoms with Crippen LogP contribution in [-0.4, -0.2) is 53.8 Å². The molecule has 9 heteroatoms. The molecular formula is C17H17N5O3S. The molecule has 0 radical (unpaired) electrons. The van der Waals surface area contributed by atoms with Crippen LogP contribution in [0.15, 0.2) is 36.5 Å². The fourth-order valence-electron chi connectivity index (χ4n) is 2.76. The Labute approximate surface area is 151 Å². The summed E-state index contributed by atoms with van der Waals surface area (Å²) in [6.07, 6.45) is 1.89. The molecule has 0 spiro atoms. The minimum atomic E-state index is -3.08. The molecule has 1 unspecified atom stereocenters. The fraction of sp³-hybridized carbons (Fsp3) is 0.294. The summed E-state index contributed by atoms with van der Waals surface area (Å²) in [4.78, 5) is 22.3. The van der Waals surface area contributed by atoms with E-state index in [-0.39, 0.29) is 35.1 Å². The number of benzene rings is 1. The van der Waals surface area contributed by atoms with Crippen LogP contribution in [0.25, 0.3) is 0 Å². The van der Waals surface area contributed by atoms with Gasteiger partial charge >= 0.3 is 0 Å². The van der Waals surface area contributed by atoms with E-state index in [1.165, 1.54) is 17.2 Å². The van der Waals surface area contributed by atoms with Crippen molar-refractivity contribution in [1.29, 1.82) is 5.26 Å². The molecule has 1 aromatic heterocycles. The molecule has 26 heavy (non-hydrogen) atoms. The highest BCUT2D eigenvalue weighted by atomic mass is 32.2. The highest BCUT2D eigenvalue weighted by molar-refractivity contribution is 7.91. The summed E-state index contributed by atoms with van der Waals surface area (Å²) >= 11 is 0. The molecule has 1 fully saturated rings. The molecule has 1 saturated heterocycles. The maximum atomic E-state index is 12.6. The number of rotatable bonds is 4. The molecule has 2 heterocycles. The first-order chi connectivity index (χ1) is 12.4. The minimum Gasteiger partial charge on any atom is -0.336 e. The van der Waals surface area contributed by atoms with Crippen molar-refractivity contribution in [2.45, 2.75) is 12.5 Å². The van der Waals surface area contributed by atoms with Gasteiger partial charge in [-0.2, -0.15) is 5.26 Å². The van der Waals surface area contributed by atoms with Gasteiger partial charge in [0, 0.05) is 25.0 Å². The number of sulfone groups is 1. The first kappa shape index (κ1) is 17.8. The molecule has 1 aliphatic rings. The molecule has 1 atom stereocenters. The maximum absolute atomic E-state index is 12.6. The molecule has 1 aliphatic heterocycles. The van der Waals surface area contributed by atoms with Gasteiger partial charge in [0.2, 0.25) is 5.95 Å². The maximum Gasteiger partial charge on any atom is 0.272 e. The smallest absolute Gasteiger partial charge is 0.272 e. The first-order valence-electron chi connectivity index (χ1n) is 7.96. The Morgan fingerprint density at radius 1 is 1.38 bits per heavy atom. The summed E-state index contributed by atoms with van der Waals surface area (Å²) < 4.78 is 23.2. The van der Waals surface area contributed by atoms with Crippen molar-refractivity contribution in [2.24, 2.45) is 0 Å². The Kier molecular flexibility index (Phi) is 4.86. The van der Waals surface area contributed by atoms with Gasteiger partial charge in [0.1, 0.15) is 5.69 Å². The predicted molar refractivity (Wildman–Crippen MR) is 95.6 cm³/mol. The number of hydrogen-bond donors (Lipinski definition) is 1. The summed E-state index contributed by atoms with van der Waals surface area (Å²) in [7, 11) is -1.49. The third kappa shape index (κ3) is 3.97. The Bertz CT molecular complexity index is 984. The SMILES string of the molecule is CN(C(=O)c1ccnc(Nc2cccc(C#N)c2)n1)C1CCS(=O)(=O)C1. The number of anilines is 2. The summed E-state index contributed by atoms with van der Waals surface area (Å²) in [5.74, 6) is -0.0604. The number of nitriles is 1. The Balaban J connectivity index is 1.76. The van der Waals surface area contributed by atoms with Crippen LogP contribution in [0.2, 0.25) is 0 Å². The molecule has 8 nitrogen and oxygen atoms in total. The van der Waals surface area contributed by atoms with Gasteiger partial charge < -0.3 is 10.2 Å². The molecular weight excluding hydrogens is 354 g/mol. The van der Waals surface area contributed by atoms with Crippen molar-refractivity contribution in [1.82, 2.24) is 14.9 Å². The normalized spacial score (nSPS) is 18.1. The monoisotopic (exact) mass is 371 g/mol. The third-order valence-electron chi connectivity index (χ3n) is 4.20. The van der Waals surface area contributed by atoms with Crippen molar-refractivity contribution in [3.8, 4) is 6.07 Å². The number of nitrogens with one attached hydrogen (secondary N) is 1. The molecule has 0 saturated carbocycles. The lowest BCUT2D eigenvalue weighted by Gasteiger charge is -2.23. The Morgan fingerprint density at radius 3 is 2.88 bits per heavy atom. The standard InChI is InChI=1S/C17H17N5O3S/c1-22(14-6-8-26(24,25)11-14)16(23)15-5-7-19-17(21-15)20-13-4-2-3-12(9-13)10-18/h2-5,7,9,14H,6,8,11H2,1H3,(H,19,20,21). The lowest BCUT2D eigenvalue weighted by molar-refractivity contribution is 0.0741. The predicted octanol–water partition coefficient (Wildman–Crippen LogP) is 1.35. The second-order valence-corrected chi connectivity index (χ2v) is 8.28. The molecule has 1 amide bonds. The molecule has 2 aromatic rings. The van der Waals surface area contributed by atoms with E-state index in [9.17, 15) is 13.2 Å². The fourth-order valence-corrected chi connectivity index (χ4v) is 4.54. The van der Waals surface area contributed by atoms with Crippen molar-refractivity contribution in [3.05, 3.63) is 47.8 Å². The lowest BCUT2D eigenvalue weighted by Crippen LogP contribution is -2.38. The molecule has 0 bridgehead atoms. The van der Waals surface area contributed by atoms with E-state index < -0.39 is 9.84 Å². The molecule has 134 valence electrons. The second kappa shape index (κ2) is 7.09. The minimum absolute atomic E-state index is 0.0214. The molecule has 1 N–H and O–H groups in total. The zero-order chi connectivity index (χ0) is 18.7. The van der Waals surface area contributed by atoms with Gasteiger partial charge in [-0.1, -0.05) is 6.07 Å². The van der Waals surface area contributed by atoms with Crippen LogP contribution in [0, 0.1) is 11.3 Å². The van der Waals surface area contributed by atoms with Crippen LogP contribution in [0.1, 0.15) is 22.5 Å². The number of aromatic nitrogens is 2. The van der Waals surface area contributed by atoms with E-state index >= 15 is 0 Å². The third-order valence-corrected chi connectivity index (χ3v) is 5.95. The van der Waals surface area contributed by atoms with Gasteiger partial charge in [-0.15, -0.1) is 0 Å². The van der Waals surface area contributed by atoms with E-state index in [1.54, 1.807) is 31.3 Å². The summed E-state index contributed by atoms with van der Waals surface area (Å²) in [6.45, 7) is 0. The number of nitrogens with zero attached hydrogens (tertiary/aromatic N) is 4. The average Bonchev–Trinajstić information content (AvgIpc) is 3.00. The Morgan fingerprint density at radius 2 is 2.19 bits per heavy atom. The number of carbonyl (C=O) groups excluding carboxylic acids is 1. The highest BCUT2D eigenvalue weighted by Crippen LogP contribution is 2.19. The molecule has 0 aliphatic carbocycles. The van der Waals surface area contributed by atoms with Crippen LogP contribution in [0.5, 0.6) is 0 Å². The quantitative estimate of drug-likeness (QED) is 0.862. The van der Waals surface area contributed by atoms with Crippen LogP contribution in [0.3, 0.4) is 0 Å². The Hall–Kier alpha value is -2.99. The van der Waals surface area contributed by atoms with Gasteiger partial charge in [0.25, 0.3) is 5.91 Å². The van der Waals surface area contributed by atoms with Crippen molar-refractivity contribution < 1.29 is 13.2 Å². The van der Waals surface area contributed by atoms with Gasteiger partial charge in [-0.25, -0.2) is 18.4 Å². The van der Waals surface area contributed by atoms with Crippen LogP contribution in [-0.2, 0) is 9.84 Å². The van der Waals surface area contributed by atoms with Crippen molar-refractivity contribution in [3.63, 3.8) is 0 Å². The average molecular weight is 371 g/mol. The lowest BCUT2D eigenvalue weighted by atomic mass is 10.2. The van der Waals surface area contributed by atoms with E-state index in [1.807, 2.05) is 6.07 Å². The van der Waals surface area contributed by atoms with E-state index in [0.717, 1.165) is 0 Å². The topological polar surface area (TPSA) is 116 Å². The van der Waals surface area contributed by atoms with Crippen LogP contribution >= 0.6 is 0 Å². The number of hydrogen-bond acceptors (Lipinski definition) is 7. The van der Waals surface area contributed by atoms with Crippen molar-refractivity contribution in [2.75, 3.05) is 23.9 Å². The van der Waals surface area contributed by atoms with Crippen molar-refractivity contribution >= 4 is 27.4 Å². The second-order valence-electron chi connectivity index (χ2n) is 6.06. The zero-order valence-corrected chi connectivity index (χ0v) is 14.9. The summed E-state index contributed by atoms with van der Waals surface area (Å²) in [6, 6.07) is 10.00. The summed E-state index contributed by atoms with van der Waals surface area (Å²) in [5.41, 5.74) is 1.29. The van der Waals surface area contributed by atoms with Gasteiger partial charge in [0.05, 0.1) is 23.1 Å². The molecule has 1 aromatic carbocycles. The zero-order valence-electron chi connectivity index (χ0n) is 14.1. The number of carbonyl (C=O) groups is 1. The van der Waals surface area contributed by atoms with E-state index in [2.05, 4.69) is 15.3 Å². The van der Waals surface area contributed by atoms with Gasteiger partial charge in [-0.05, 0) is 30.7 Å². The van der Waals surface area contributed by atoms with Crippen LogP contribution in [0.4, 0.5) is 11.6 Å². The van der Waals surface area contributed by atoms with E-state index in [4.69, 9.17) is 5.26 Å². The highest BCUT2D eigenvalue weighted by Gasteiger charge is 2.33. The molecule has 3 rings (SSSR count). The van der Waals surface area contributed by atoms with Gasteiger partial charge in [0.15, 0.2) is 9.84 Å². The summed E-state index contributed by atoms with van der Waals surface area (Å²) in [5, 5.41) is 11.9. The number of amides is 1. The van der Waals surface area contributed by atoms with E-state index in [0.29, 0.717) is 17.7 Å². The van der Waals surface area contributed by atoms with Gasteiger partial charge in [-0.3, -0.25) is 4.79 Å². The first-order valence-corrected chi connectivity index (χ1v) is 9.78. The largest absolute Gasteiger partial charge is 0.336 e. The van der Waals surface area contributed by atoms with Crippen LogP contribution < -0.4 is 5.32 Å².